The number of nitrogens with zero attached hydrogens (tertiary/aromatic N) is 15. The SMILES string of the molecule is N=C1N=C2N=CC=NC2NO1.NC1N=c2nccnc2=NO1.O=C1CN2C=CC=CN2N=N1.O=C1N=NN2C=CC=CN2N1. The number of rotatable bonds is 0. The maximum Gasteiger partial charge on any atom is 0.381 e. The van der Waals surface area contributed by atoms with E-state index < -0.39 is 12.4 Å². The molecule has 0 aliphatic carbocycles. The molecular weight excluding hydrogens is 582 g/mol. The number of fused-ring (bicyclic) bond motifs is 4. The number of carbonyl (C=O) groups excluding carboxylic acids is 2. The first kappa shape index (κ1) is 28.9. The van der Waals surface area contributed by atoms with Crippen molar-refractivity contribution in [2.45, 2.75) is 12.5 Å². The average molecular weight is 604 g/mol. The maximum atomic E-state index is 10.7. The van der Waals surface area contributed by atoms with E-state index in [0.29, 0.717) is 16.8 Å². The fraction of sp³-hybridized carbons (Fsp3) is 0.143. The number of hydroxylamine groups is 1. The molecule has 0 aromatic carbocycles. The van der Waals surface area contributed by atoms with Crippen LogP contribution in [0.2, 0.25) is 0 Å². The molecule has 0 saturated carbocycles. The number of aliphatic imine (C=N–C) groups is 3. The van der Waals surface area contributed by atoms with Crippen LogP contribution in [0.15, 0.2) is 107 Å². The van der Waals surface area contributed by atoms with Crippen molar-refractivity contribution in [2.75, 3.05) is 6.54 Å². The molecule has 3 amide bonds. The van der Waals surface area contributed by atoms with Gasteiger partial charge in [-0.15, -0.1) is 10.6 Å². The third-order valence-electron chi connectivity index (χ3n) is 5.01. The molecule has 8 rings (SSSR count). The Labute approximate surface area is 245 Å². The van der Waals surface area contributed by atoms with Crippen molar-refractivity contribution in [2.24, 2.45) is 51.5 Å². The van der Waals surface area contributed by atoms with Crippen LogP contribution < -0.4 is 27.6 Å². The second-order valence-electron chi connectivity index (χ2n) is 8.03. The summed E-state index contributed by atoms with van der Waals surface area (Å²) in [6.07, 6.45) is 19.1. The van der Waals surface area contributed by atoms with Crippen LogP contribution in [0.25, 0.3) is 0 Å². The summed E-state index contributed by atoms with van der Waals surface area (Å²) in [7, 11) is 0. The summed E-state index contributed by atoms with van der Waals surface area (Å²) in [6.45, 7) is 0.268. The van der Waals surface area contributed by atoms with E-state index >= 15 is 0 Å². The van der Waals surface area contributed by atoms with Crippen molar-refractivity contribution in [3.8, 4) is 0 Å². The molecule has 8 heterocycles. The Morgan fingerprint density at radius 2 is 1.68 bits per heavy atom. The molecule has 0 bridgehead atoms. The first-order valence-corrected chi connectivity index (χ1v) is 12.2. The Kier molecular flexibility index (Phi) is 9.08. The first-order chi connectivity index (χ1) is 21.4. The van der Waals surface area contributed by atoms with Crippen LogP contribution in [0.4, 0.5) is 4.79 Å². The molecule has 5 N–H and O–H groups in total. The smallest absolute Gasteiger partial charge is 0.366 e. The van der Waals surface area contributed by atoms with Gasteiger partial charge in [0.15, 0.2) is 12.0 Å². The Morgan fingerprint density at radius 1 is 0.932 bits per heavy atom. The Hall–Kier alpha value is -6.62. The number of hydrazine groups is 3. The van der Waals surface area contributed by atoms with Crippen LogP contribution >= 0.6 is 0 Å². The summed E-state index contributed by atoms with van der Waals surface area (Å²) in [5.74, 6) is 0.241. The highest BCUT2D eigenvalue weighted by Gasteiger charge is 2.22. The van der Waals surface area contributed by atoms with Crippen molar-refractivity contribution >= 4 is 36.2 Å². The lowest BCUT2D eigenvalue weighted by Crippen LogP contribution is -2.47. The first-order valence-electron chi connectivity index (χ1n) is 12.2. The van der Waals surface area contributed by atoms with E-state index in [9.17, 15) is 9.59 Å². The third kappa shape index (κ3) is 7.77. The van der Waals surface area contributed by atoms with E-state index in [0.717, 1.165) is 0 Å². The summed E-state index contributed by atoms with van der Waals surface area (Å²) in [4.78, 5) is 53.7. The van der Waals surface area contributed by atoms with Crippen LogP contribution in [0.3, 0.4) is 0 Å². The van der Waals surface area contributed by atoms with E-state index in [1.807, 2.05) is 12.2 Å². The molecule has 2 atom stereocenters. The van der Waals surface area contributed by atoms with Crippen molar-refractivity contribution < 1.29 is 19.3 Å². The minimum Gasteiger partial charge on any atom is -0.366 e. The fourth-order valence-corrected chi connectivity index (χ4v) is 3.18. The van der Waals surface area contributed by atoms with Crippen molar-refractivity contribution in [1.82, 2.24) is 41.2 Å². The predicted molar refractivity (Wildman–Crippen MR) is 146 cm³/mol. The van der Waals surface area contributed by atoms with Gasteiger partial charge in [0.25, 0.3) is 12.3 Å². The second kappa shape index (κ2) is 13.8. The number of nitrogens with two attached hydrogens (primary N) is 1. The molecule has 1 aromatic rings. The van der Waals surface area contributed by atoms with Gasteiger partial charge in [-0.2, -0.15) is 15.2 Å². The predicted octanol–water partition coefficient (Wildman–Crippen LogP) is -1.76. The summed E-state index contributed by atoms with van der Waals surface area (Å²) >= 11 is 0. The molecule has 0 fully saturated rings. The number of amides is 3. The van der Waals surface area contributed by atoms with Gasteiger partial charge in [-0.1, -0.05) is 15.4 Å². The monoisotopic (exact) mass is 603 g/mol. The number of hydrogen-bond acceptors (Lipinski definition) is 19. The Balaban J connectivity index is 0.000000116. The zero-order valence-corrected chi connectivity index (χ0v) is 22.2. The molecule has 0 spiro atoms. The van der Waals surface area contributed by atoms with Gasteiger partial charge >= 0.3 is 12.1 Å². The van der Waals surface area contributed by atoms with Crippen molar-refractivity contribution in [1.29, 1.82) is 5.41 Å². The molecule has 1 aromatic heterocycles. The Morgan fingerprint density at radius 3 is 2.55 bits per heavy atom. The zero-order valence-electron chi connectivity index (χ0n) is 22.2. The second-order valence-corrected chi connectivity index (χ2v) is 8.03. The van der Waals surface area contributed by atoms with Crippen molar-refractivity contribution in [3.05, 3.63) is 72.5 Å². The molecule has 0 saturated heterocycles. The molecule has 7 aliphatic rings. The number of allylic oxidation sites excluding steroid dienone is 4. The molecule has 0 radical (unpaired) electrons. The molecule has 7 aliphatic heterocycles. The quantitative estimate of drug-likeness (QED) is 0.257. The number of urea groups is 1. The molecule has 2 unspecified atom stereocenters. The molecule has 23 heteroatoms. The van der Waals surface area contributed by atoms with E-state index in [-0.39, 0.29) is 24.6 Å². The van der Waals surface area contributed by atoms with Gasteiger partial charge in [-0.05, 0) is 34.8 Å². The largest absolute Gasteiger partial charge is 0.381 e. The van der Waals surface area contributed by atoms with E-state index in [2.05, 4.69) is 76.3 Å². The number of aromatic nitrogens is 2. The van der Waals surface area contributed by atoms with Gasteiger partial charge in [0.1, 0.15) is 6.54 Å². The summed E-state index contributed by atoms with van der Waals surface area (Å²) in [5, 5.41) is 30.5. The van der Waals surface area contributed by atoms with Gasteiger partial charge in [0.2, 0.25) is 11.0 Å². The van der Waals surface area contributed by atoms with Gasteiger partial charge in [-0.25, -0.2) is 35.6 Å². The average Bonchev–Trinajstić information content (AvgIpc) is 3.05. The van der Waals surface area contributed by atoms with Crippen LogP contribution in [-0.4, -0.2) is 85.6 Å². The minimum absolute atomic E-state index is 0.189. The minimum atomic E-state index is -0.751. The number of hydrogen-bond donors (Lipinski definition) is 4. The van der Waals surface area contributed by atoms with Gasteiger partial charge in [-0.3, -0.25) is 20.5 Å². The summed E-state index contributed by atoms with van der Waals surface area (Å²) in [6, 6.07) is -0.660. The van der Waals surface area contributed by atoms with Crippen LogP contribution in [-0.2, 0) is 14.5 Å². The molecule has 44 heavy (non-hydrogen) atoms. The molecule has 23 nitrogen and oxygen atoms in total. The standard InChI is InChI=1S/C6H6N4O.3C5H5N5O/c11-6-5-9-3-1-2-4-10(9)8-7-6;2*6-5-9-3-4(10-11-5)8-2-1-7-3;11-5-6-8-10-4-2-1-3-9(10)7-5/h1-4H,5H2;1-2,5H,6H2;1-2,4,6,10H;1-4H,(H,7,11). The topological polar surface area (TPSA) is 277 Å². The third-order valence-corrected chi connectivity index (χ3v) is 5.01. The highest BCUT2D eigenvalue weighted by Crippen LogP contribution is 2.11. The zero-order chi connectivity index (χ0) is 30.7. The number of amidine groups is 2. The van der Waals surface area contributed by atoms with Gasteiger partial charge in [0, 0.05) is 43.4 Å². The van der Waals surface area contributed by atoms with Gasteiger partial charge < -0.3 is 9.68 Å². The van der Waals surface area contributed by atoms with E-state index in [1.54, 1.807) is 48.2 Å². The van der Waals surface area contributed by atoms with E-state index in [1.165, 1.54) is 34.0 Å². The van der Waals surface area contributed by atoms with Crippen LogP contribution in [0, 0.1) is 5.41 Å². The van der Waals surface area contributed by atoms with Gasteiger partial charge in [0.05, 0.1) is 6.20 Å². The molecule has 224 valence electrons. The fourth-order valence-electron chi connectivity index (χ4n) is 3.18. The summed E-state index contributed by atoms with van der Waals surface area (Å²) in [5.41, 5.74) is 11.0. The number of carbonyl (C=O) groups is 2. The van der Waals surface area contributed by atoms with Crippen molar-refractivity contribution in [3.63, 3.8) is 0 Å². The molecular formula is C21H21N19O4. The van der Waals surface area contributed by atoms with E-state index in [4.69, 9.17) is 11.1 Å². The normalized spacial score (nSPS) is 22.3. The maximum absolute atomic E-state index is 10.7. The summed E-state index contributed by atoms with van der Waals surface area (Å²) < 4.78 is 0. The highest BCUT2D eigenvalue weighted by molar-refractivity contribution is 6.22. The van der Waals surface area contributed by atoms with Crippen LogP contribution in [0.1, 0.15) is 0 Å². The Bertz CT molecular complexity index is 1610. The lowest BCUT2D eigenvalue weighted by molar-refractivity contribution is -0.125. The lowest BCUT2D eigenvalue weighted by Gasteiger charge is -2.30. The lowest BCUT2D eigenvalue weighted by atomic mass is 10.4. The number of nitrogens with one attached hydrogen (secondary N) is 3. The highest BCUT2D eigenvalue weighted by atomic mass is 16.7. The van der Waals surface area contributed by atoms with Crippen LogP contribution in [0.5, 0.6) is 0 Å².